The Morgan fingerprint density at radius 3 is 3.04 bits per heavy atom. The number of ether oxygens (including phenoxy) is 2. The summed E-state index contributed by atoms with van der Waals surface area (Å²) < 4.78 is 11.4. The fourth-order valence-electron chi connectivity index (χ4n) is 2.45. The topological polar surface area (TPSA) is 73.3 Å². The van der Waals surface area contributed by atoms with Crippen LogP contribution in [-0.2, 0) is 4.74 Å². The molecule has 0 spiro atoms. The lowest BCUT2D eigenvalue weighted by Crippen LogP contribution is -2.51. The summed E-state index contributed by atoms with van der Waals surface area (Å²) >= 11 is 1.36. The largest absolute Gasteiger partial charge is 0.472 e. The van der Waals surface area contributed by atoms with Crippen LogP contribution in [0.15, 0.2) is 29.8 Å². The molecule has 1 aliphatic heterocycles. The molecule has 0 unspecified atom stereocenters. The van der Waals surface area contributed by atoms with Crippen LogP contribution in [0.4, 0.5) is 0 Å². The van der Waals surface area contributed by atoms with Gasteiger partial charge in [-0.25, -0.2) is 9.97 Å². The number of aromatic nitrogens is 2. The molecule has 6 nitrogen and oxygen atoms in total. The second-order valence-corrected chi connectivity index (χ2v) is 6.86. The van der Waals surface area contributed by atoms with Gasteiger partial charge in [0.1, 0.15) is 6.10 Å². The van der Waals surface area contributed by atoms with Gasteiger partial charge in [-0.2, -0.15) is 0 Å². The first-order valence-electron chi connectivity index (χ1n) is 8.05. The van der Waals surface area contributed by atoms with Gasteiger partial charge in [0.2, 0.25) is 5.88 Å². The predicted octanol–water partition coefficient (Wildman–Crippen LogP) is 2.63. The van der Waals surface area contributed by atoms with Gasteiger partial charge in [0.25, 0.3) is 5.91 Å². The first-order valence-corrected chi connectivity index (χ1v) is 8.93. The van der Waals surface area contributed by atoms with Gasteiger partial charge >= 0.3 is 0 Å². The molecule has 1 fully saturated rings. The number of carbonyl (C=O) groups excluding carboxylic acids is 1. The molecular weight excluding hydrogens is 326 g/mol. The highest BCUT2D eigenvalue weighted by Gasteiger charge is 2.30. The third-order valence-electron chi connectivity index (χ3n) is 3.83. The molecule has 7 heteroatoms. The molecule has 0 bridgehead atoms. The fraction of sp³-hybridized carbons (Fsp3) is 0.471. The maximum absolute atomic E-state index is 12.5. The van der Waals surface area contributed by atoms with E-state index in [2.05, 4.69) is 29.1 Å². The van der Waals surface area contributed by atoms with Crippen LogP contribution in [0.1, 0.15) is 41.7 Å². The standard InChI is InChI=1S/C17H21N3O3S/c1-11(2)13-10-24-17(20-13)16(21)19-12-9-22-8-6-14(12)23-15-5-3-4-7-18-15/h3-5,7,10-12,14H,6,8-9H2,1-2H3,(H,19,21)/t12-,14-/m1/s1. The monoisotopic (exact) mass is 347 g/mol. The van der Waals surface area contributed by atoms with E-state index in [0.717, 1.165) is 5.69 Å². The molecule has 0 aliphatic carbocycles. The Kier molecular flexibility index (Phi) is 5.42. The normalized spacial score (nSPS) is 20.8. The number of rotatable bonds is 5. The number of hydrogen-bond acceptors (Lipinski definition) is 6. The Morgan fingerprint density at radius 2 is 2.33 bits per heavy atom. The number of thiazole rings is 1. The molecular formula is C17H21N3O3S. The minimum atomic E-state index is -0.223. The third-order valence-corrected chi connectivity index (χ3v) is 4.69. The Hall–Kier alpha value is -1.99. The smallest absolute Gasteiger partial charge is 0.280 e. The van der Waals surface area contributed by atoms with E-state index < -0.39 is 0 Å². The zero-order valence-electron chi connectivity index (χ0n) is 13.8. The Balaban J connectivity index is 1.65. The van der Waals surface area contributed by atoms with Crippen LogP contribution in [0.5, 0.6) is 5.88 Å². The molecule has 0 radical (unpaired) electrons. The van der Waals surface area contributed by atoms with Crippen LogP contribution >= 0.6 is 11.3 Å². The Labute approximate surface area is 145 Å². The van der Waals surface area contributed by atoms with Crippen LogP contribution in [0, 0.1) is 0 Å². The van der Waals surface area contributed by atoms with Gasteiger partial charge in [0.05, 0.1) is 24.9 Å². The first-order chi connectivity index (χ1) is 11.6. The van der Waals surface area contributed by atoms with Crippen molar-refractivity contribution < 1.29 is 14.3 Å². The number of hydrogen-bond donors (Lipinski definition) is 1. The van der Waals surface area contributed by atoms with Crippen molar-refractivity contribution >= 4 is 17.2 Å². The number of amides is 1. The Morgan fingerprint density at radius 1 is 1.46 bits per heavy atom. The molecule has 2 atom stereocenters. The average Bonchev–Trinajstić information content (AvgIpc) is 3.08. The van der Waals surface area contributed by atoms with E-state index in [1.807, 2.05) is 23.6 Å². The van der Waals surface area contributed by atoms with Crippen molar-refractivity contribution in [2.45, 2.75) is 38.3 Å². The maximum Gasteiger partial charge on any atom is 0.280 e. The molecule has 0 saturated carbocycles. The summed E-state index contributed by atoms with van der Waals surface area (Å²) in [4.78, 5) is 21.0. The summed E-state index contributed by atoms with van der Waals surface area (Å²) in [7, 11) is 0. The van der Waals surface area contributed by atoms with Crippen LogP contribution in [-0.4, -0.2) is 41.2 Å². The molecule has 2 aromatic heterocycles. The van der Waals surface area contributed by atoms with Gasteiger partial charge in [-0.1, -0.05) is 19.9 Å². The number of nitrogens with one attached hydrogen (secondary N) is 1. The quantitative estimate of drug-likeness (QED) is 0.900. The van der Waals surface area contributed by atoms with Crippen LogP contribution in [0.2, 0.25) is 0 Å². The van der Waals surface area contributed by atoms with Crippen molar-refractivity contribution in [1.29, 1.82) is 0 Å². The lowest BCUT2D eigenvalue weighted by Gasteiger charge is -2.31. The van der Waals surface area contributed by atoms with E-state index in [9.17, 15) is 4.79 Å². The van der Waals surface area contributed by atoms with Crippen LogP contribution < -0.4 is 10.1 Å². The van der Waals surface area contributed by atoms with E-state index in [4.69, 9.17) is 9.47 Å². The van der Waals surface area contributed by atoms with E-state index in [1.165, 1.54) is 11.3 Å². The molecule has 128 valence electrons. The highest BCUT2D eigenvalue weighted by atomic mass is 32.1. The van der Waals surface area contributed by atoms with Crippen molar-refractivity contribution in [2.24, 2.45) is 0 Å². The third kappa shape index (κ3) is 4.10. The van der Waals surface area contributed by atoms with E-state index in [1.54, 1.807) is 6.20 Å². The van der Waals surface area contributed by atoms with Gasteiger partial charge in [0.15, 0.2) is 5.01 Å². The summed E-state index contributed by atoms with van der Waals surface area (Å²) in [6.07, 6.45) is 2.23. The Bertz CT molecular complexity index is 675. The summed E-state index contributed by atoms with van der Waals surface area (Å²) in [6.45, 7) is 5.15. The van der Waals surface area contributed by atoms with Crippen molar-refractivity contribution in [1.82, 2.24) is 15.3 Å². The minimum absolute atomic E-state index is 0.165. The van der Waals surface area contributed by atoms with E-state index in [0.29, 0.717) is 36.4 Å². The summed E-state index contributed by atoms with van der Waals surface area (Å²) in [5.41, 5.74) is 0.936. The second-order valence-electron chi connectivity index (χ2n) is 6.00. The van der Waals surface area contributed by atoms with Gasteiger partial charge in [0, 0.05) is 24.1 Å². The highest BCUT2D eigenvalue weighted by Crippen LogP contribution is 2.19. The molecule has 1 saturated heterocycles. The molecule has 3 rings (SSSR count). The van der Waals surface area contributed by atoms with E-state index >= 15 is 0 Å². The zero-order valence-corrected chi connectivity index (χ0v) is 14.6. The van der Waals surface area contributed by atoms with Gasteiger partial charge < -0.3 is 14.8 Å². The zero-order chi connectivity index (χ0) is 16.9. The summed E-state index contributed by atoms with van der Waals surface area (Å²) in [5.74, 6) is 0.679. The maximum atomic E-state index is 12.5. The van der Waals surface area contributed by atoms with Crippen molar-refractivity contribution in [3.05, 3.63) is 40.5 Å². The highest BCUT2D eigenvalue weighted by molar-refractivity contribution is 7.11. The second kappa shape index (κ2) is 7.72. The van der Waals surface area contributed by atoms with Crippen LogP contribution in [0.25, 0.3) is 0 Å². The van der Waals surface area contributed by atoms with Crippen molar-refractivity contribution in [3.8, 4) is 5.88 Å². The first kappa shape index (κ1) is 16.9. The molecule has 0 aromatic carbocycles. The number of pyridine rings is 1. The minimum Gasteiger partial charge on any atom is -0.472 e. The molecule has 2 aromatic rings. The molecule has 1 amide bonds. The fourth-order valence-corrected chi connectivity index (χ4v) is 3.33. The van der Waals surface area contributed by atoms with E-state index in [-0.39, 0.29) is 18.1 Å². The van der Waals surface area contributed by atoms with Gasteiger partial charge in [-0.05, 0) is 12.0 Å². The van der Waals surface area contributed by atoms with Crippen molar-refractivity contribution in [2.75, 3.05) is 13.2 Å². The van der Waals surface area contributed by atoms with Crippen molar-refractivity contribution in [3.63, 3.8) is 0 Å². The predicted molar refractivity (Wildman–Crippen MR) is 91.5 cm³/mol. The van der Waals surface area contributed by atoms with Gasteiger partial charge in [-0.3, -0.25) is 4.79 Å². The number of carbonyl (C=O) groups is 1. The molecule has 24 heavy (non-hydrogen) atoms. The average molecular weight is 347 g/mol. The van der Waals surface area contributed by atoms with Gasteiger partial charge in [-0.15, -0.1) is 11.3 Å². The SMILES string of the molecule is CC(C)c1csc(C(=O)N[C@@H]2COCC[C@H]2Oc2ccccn2)n1. The summed E-state index contributed by atoms with van der Waals surface area (Å²) in [6, 6.07) is 5.30. The molecule has 3 heterocycles. The lowest BCUT2D eigenvalue weighted by atomic mass is 10.1. The molecule has 1 aliphatic rings. The number of nitrogens with zero attached hydrogens (tertiary/aromatic N) is 2. The molecule has 1 N–H and O–H groups in total. The summed E-state index contributed by atoms with van der Waals surface area (Å²) in [5, 5.41) is 5.39. The van der Waals surface area contributed by atoms with Crippen LogP contribution in [0.3, 0.4) is 0 Å². The lowest BCUT2D eigenvalue weighted by molar-refractivity contribution is -0.00449.